The van der Waals surface area contributed by atoms with E-state index in [1.807, 2.05) is 6.20 Å². The van der Waals surface area contributed by atoms with Crippen LogP contribution in [0, 0.1) is 0 Å². The van der Waals surface area contributed by atoms with Crippen molar-refractivity contribution in [3.05, 3.63) is 23.4 Å². The summed E-state index contributed by atoms with van der Waals surface area (Å²) in [6, 6.07) is 2.15. The maximum Gasteiger partial charge on any atom is 0.217 e. The molecule has 0 aromatic carbocycles. The zero-order valence-corrected chi connectivity index (χ0v) is 9.20. The zero-order chi connectivity index (χ0) is 10.7. The van der Waals surface area contributed by atoms with Crippen LogP contribution in [-0.4, -0.2) is 12.1 Å². The molecule has 2 rings (SSSR count). The standard InChI is InChI=1S/C12H18N2O/c1-15-12-10(7-13)6-11(8-14-12)9-4-2-3-5-9/h6,8-9H,2-5,7,13H2,1H3. The molecule has 15 heavy (non-hydrogen) atoms. The fraction of sp³-hybridized carbons (Fsp3) is 0.583. The summed E-state index contributed by atoms with van der Waals surface area (Å²) in [6.07, 6.45) is 7.20. The van der Waals surface area contributed by atoms with Gasteiger partial charge in [-0.2, -0.15) is 0 Å². The summed E-state index contributed by atoms with van der Waals surface area (Å²) in [4.78, 5) is 4.31. The second kappa shape index (κ2) is 4.62. The molecular weight excluding hydrogens is 188 g/mol. The number of methoxy groups -OCH3 is 1. The Bertz CT molecular complexity index is 332. The molecule has 0 unspecified atom stereocenters. The molecule has 0 amide bonds. The van der Waals surface area contributed by atoms with Crippen LogP contribution in [0.25, 0.3) is 0 Å². The minimum Gasteiger partial charge on any atom is -0.481 e. The fourth-order valence-corrected chi connectivity index (χ4v) is 2.33. The molecule has 1 aliphatic carbocycles. The number of ether oxygens (including phenoxy) is 1. The highest BCUT2D eigenvalue weighted by Gasteiger charge is 2.18. The molecule has 0 bridgehead atoms. The van der Waals surface area contributed by atoms with E-state index in [0.29, 0.717) is 18.3 Å². The number of nitrogens with zero attached hydrogens (tertiary/aromatic N) is 1. The quantitative estimate of drug-likeness (QED) is 0.824. The molecule has 0 radical (unpaired) electrons. The average molecular weight is 206 g/mol. The summed E-state index contributed by atoms with van der Waals surface area (Å²) in [5, 5.41) is 0. The van der Waals surface area contributed by atoms with Crippen LogP contribution in [0.2, 0.25) is 0 Å². The third-order valence-corrected chi connectivity index (χ3v) is 3.19. The van der Waals surface area contributed by atoms with Crippen LogP contribution in [0.4, 0.5) is 0 Å². The van der Waals surface area contributed by atoms with Gasteiger partial charge in [-0.25, -0.2) is 4.98 Å². The largest absolute Gasteiger partial charge is 0.481 e. The van der Waals surface area contributed by atoms with Crippen molar-refractivity contribution in [3.63, 3.8) is 0 Å². The molecule has 2 N–H and O–H groups in total. The molecule has 82 valence electrons. The van der Waals surface area contributed by atoms with Gasteiger partial charge in [-0.1, -0.05) is 12.8 Å². The van der Waals surface area contributed by atoms with Gasteiger partial charge in [0.05, 0.1) is 7.11 Å². The Balaban J connectivity index is 2.25. The summed E-state index contributed by atoms with van der Waals surface area (Å²) < 4.78 is 5.16. The second-order valence-corrected chi connectivity index (χ2v) is 4.12. The van der Waals surface area contributed by atoms with Gasteiger partial charge in [0, 0.05) is 18.3 Å². The van der Waals surface area contributed by atoms with Crippen molar-refractivity contribution >= 4 is 0 Å². The lowest BCUT2D eigenvalue weighted by atomic mass is 9.98. The third kappa shape index (κ3) is 2.12. The van der Waals surface area contributed by atoms with Gasteiger partial charge in [0.1, 0.15) is 0 Å². The van der Waals surface area contributed by atoms with E-state index in [1.165, 1.54) is 31.2 Å². The number of hydrogen-bond acceptors (Lipinski definition) is 3. The van der Waals surface area contributed by atoms with Crippen LogP contribution < -0.4 is 10.5 Å². The molecular formula is C12H18N2O. The Morgan fingerprint density at radius 2 is 2.20 bits per heavy atom. The van der Waals surface area contributed by atoms with Gasteiger partial charge in [0.2, 0.25) is 5.88 Å². The lowest BCUT2D eigenvalue weighted by Crippen LogP contribution is -2.04. The van der Waals surface area contributed by atoms with Gasteiger partial charge in [0.15, 0.2) is 0 Å². The zero-order valence-electron chi connectivity index (χ0n) is 9.20. The van der Waals surface area contributed by atoms with E-state index in [2.05, 4.69) is 11.1 Å². The first-order valence-electron chi connectivity index (χ1n) is 5.58. The highest BCUT2D eigenvalue weighted by Crippen LogP contribution is 2.34. The number of pyridine rings is 1. The highest BCUT2D eigenvalue weighted by molar-refractivity contribution is 5.31. The van der Waals surface area contributed by atoms with Crippen molar-refractivity contribution in [3.8, 4) is 5.88 Å². The van der Waals surface area contributed by atoms with Crippen molar-refractivity contribution in [2.45, 2.75) is 38.1 Å². The van der Waals surface area contributed by atoms with Gasteiger partial charge in [0.25, 0.3) is 0 Å². The molecule has 1 heterocycles. The molecule has 1 aromatic heterocycles. The number of aromatic nitrogens is 1. The van der Waals surface area contributed by atoms with Gasteiger partial charge in [-0.3, -0.25) is 0 Å². The summed E-state index contributed by atoms with van der Waals surface area (Å²) in [5.74, 6) is 1.35. The van der Waals surface area contributed by atoms with Crippen LogP contribution in [-0.2, 0) is 6.54 Å². The maximum absolute atomic E-state index is 5.67. The summed E-state index contributed by atoms with van der Waals surface area (Å²) >= 11 is 0. The normalized spacial score (nSPS) is 16.9. The summed E-state index contributed by atoms with van der Waals surface area (Å²) in [5.41, 5.74) is 8.02. The Labute approximate surface area is 90.7 Å². The SMILES string of the molecule is COc1ncc(C2CCCC2)cc1CN. The highest BCUT2D eigenvalue weighted by atomic mass is 16.5. The molecule has 0 saturated heterocycles. The predicted octanol–water partition coefficient (Wildman–Crippen LogP) is 2.21. The van der Waals surface area contributed by atoms with Crippen molar-refractivity contribution in [1.82, 2.24) is 4.98 Å². The smallest absolute Gasteiger partial charge is 0.217 e. The average Bonchev–Trinajstić information content (AvgIpc) is 2.81. The van der Waals surface area contributed by atoms with Crippen LogP contribution >= 0.6 is 0 Å². The number of nitrogens with two attached hydrogens (primary N) is 1. The first-order valence-corrected chi connectivity index (χ1v) is 5.58. The van der Waals surface area contributed by atoms with Crippen LogP contribution in [0.3, 0.4) is 0 Å². The van der Waals surface area contributed by atoms with Crippen LogP contribution in [0.5, 0.6) is 5.88 Å². The van der Waals surface area contributed by atoms with Crippen LogP contribution in [0.15, 0.2) is 12.3 Å². The Kier molecular flexibility index (Phi) is 3.21. The van der Waals surface area contributed by atoms with Crippen molar-refractivity contribution in [2.75, 3.05) is 7.11 Å². The van der Waals surface area contributed by atoms with E-state index in [1.54, 1.807) is 7.11 Å². The van der Waals surface area contributed by atoms with Crippen molar-refractivity contribution in [2.24, 2.45) is 5.73 Å². The molecule has 0 atom stereocenters. The molecule has 3 heteroatoms. The number of hydrogen-bond donors (Lipinski definition) is 1. The van der Waals surface area contributed by atoms with E-state index in [9.17, 15) is 0 Å². The molecule has 3 nitrogen and oxygen atoms in total. The van der Waals surface area contributed by atoms with E-state index < -0.39 is 0 Å². The minimum atomic E-state index is 0.497. The van der Waals surface area contributed by atoms with Crippen molar-refractivity contribution in [1.29, 1.82) is 0 Å². The Morgan fingerprint density at radius 1 is 1.47 bits per heavy atom. The molecule has 1 saturated carbocycles. The van der Waals surface area contributed by atoms with Gasteiger partial charge in [-0.15, -0.1) is 0 Å². The molecule has 0 spiro atoms. The van der Waals surface area contributed by atoms with Gasteiger partial charge < -0.3 is 10.5 Å². The predicted molar refractivity (Wildman–Crippen MR) is 59.9 cm³/mol. The topological polar surface area (TPSA) is 48.1 Å². The van der Waals surface area contributed by atoms with E-state index in [4.69, 9.17) is 10.5 Å². The first-order chi connectivity index (χ1) is 7.35. The maximum atomic E-state index is 5.67. The summed E-state index contributed by atoms with van der Waals surface area (Å²) in [6.45, 7) is 0.497. The van der Waals surface area contributed by atoms with Crippen molar-refractivity contribution < 1.29 is 4.74 Å². The first kappa shape index (κ1) is 10.4. The minimum absolute atomic E-state index is 0.497. The third-order valence-electron chi connectivity index (χ3n) is 3.19. The van der Waals surface area contributed by atoms with E-state index in [-0.39, 0.29) is 0 Å². The van der Waals surface area contributed by atoms with Crippen LogP contribution in [0.1, 0.15) is 42.7 Å². The summed E-state index contributed by atoms with van der Waals surface area (Å²) in [7, 11) is 1.64. The Hall–Kier alpha value is -1.09. The van der Waals surface area contributed by atoms with Gasteiger partial charge >= 0.3 is 0 Å². The Morgan fingerprint density at radius 3 is 2.80 bits per heavy atom. The monoisotopic (exact) mass is 206 g/mol. The fourth-order valence-electron chi connectivity index (χ4n) is 2.33. The van der Waals surface area contributed by atoms with Gasteiger partial charge in [-0.05, 0) is 30.4 Å². The molecule has 1 fully saturated rings. The van der Waals surface area contributed by atoms with E-state index >= 15 is 0 Å². The van der Waals surface area contributed by atoms with E-state index in [0.717, 1.165) is 5.56 Å². The molecule has 1 aliphatic rings. The lowest BCUT2D eigenvalue weighted by molar-refractivity contribution is 0.392. The molecule has 1 aromatic rings. The second-order valence-electron chi connectivity index (χ2n) is 4.12. The molecule has 0 aliphatic heterocycles. The lowest BCUT2D eigenvalue weighted by Gasteiger charge is -2.12. The number of rotatable bonds is 3.